The first-order valence-corrected chi connectivity index (χ1v) is 5.60. The molecule has 0 amide bonds. The number of ether oxygens (including phenoxy) is 5. The van der Waals surface area contributed by atoms with Crippen molar-refractivity contribution >= 4 is 5.97 Å². The highest BCUT2D eigenvalue weighted by Gasteiger charge is 2.55. The van der Waals surface area contributed by atoms with Crippen molar-refractivity contribution in [2.45, 2.75) is 51.2 Å². The van der Waals surface area contributed by atoms with Crippen LogP contribution in [0.5, 0.6) is 0 Å². The van der Waals surface area contributed by atoms with Crippen molar-refractivity contribution in [2.75, 3.05) is 13.7 Å². The number of rotatable bonds is 3. The molecule has 2 heterocycles. The van der Waals surface area contributed by atoms with Gasteiger partial charge in [-0.15, -0.1) is 0 Å². The van der Waals surface area contributed by atoms with Gasteiger partial charge in [0.05, 0.1) is 0 Å². The fourth-order valence-corrected chi connectivity index (χ4v) is 2.17. The molecule has 4 atom stereocenters. The monoisotopic (exact) mass is 246 g/mol. The molecule has 17 heavy (non-hydrogen) atoms. The van der Waals surface area contributed by atoms with E-state index < -0.39 is 12.1 Å². The summed E-state index contributed by atoms with van der Waals surface area (Å²) >= 11 is 0. The molecule has 0 aliphatic carbocycles. The van der Waals surface area contributed by atoms with Gasteiger partial charge in [0.2, 0.25) is 0 Å². The first-order chi connectivity index (χ1) is 7.93. The molecule has 0 spiro atoms. The molecule has 2 fully saturated rings. The van der Waals surface area contributed by atoms with Crippen molar-refractivity contribution in [3.05, 3.63) is 0 Å². The van der Waals surface area contributed by atoms with Gasteiger partial charge in [-0.2, -0.15) is 0 Å². The van der Waals surface area contributed by atoms with E-state index in [1.807, 2.05) is 13.8 Å². The lowest BCUT2D eigenvalue weighted by Crippen LogP contribution is -2.33. The van der Waals surface area contributed by atoms with Crippen molar-refractivity contribution in [1.29, 1.82) is 0 Å². The number of hydrogen-bond acceptors (Lipinski definition) is 6. The molecule has 0 aromatic rings. The zero-order chi connectivity index (χ0) is 12.6. The molecule has 0 bridgehead atoms. The predicted molar refractivity (Wildman–Crippen MR) is 56.1 cm³/mol. The van der Waals surface area contributed by atoms with Gasteiger partial charge in [-0.05, 0) is 13.8 Å². The van der Waals surface area contributed by atoms with Crippen LogP contribution in [0.3, 0.4) is 0 Å². The van der Waals surface area contributed by atoms with Crippen molar-refractivity contribution in [3.8, 4) is 0 Å². The molecule has 2 aliphatic rings. The molecule has 0 radical (unpaired) electrons. The van der Waals surface area contributed by atoms with Crippen LogP contribution in [-0.4, -0.2) is 50.1 Å². The first-order valence-electron chi connectivity index (χ1n) is 5.60. The molecule has 2 rings (SSSR count). The minimum atomic E-state index is -0.662. The van der Waals surface area contributed by atoms with E-state index in [0.717, 1.165) is 0 Å². The zero-order valence-corrected chi connectivity index (χ0v) is 10.5. The average Bonchev–Trinajstić information content (AvgIpc) is 2.68. The van der Waals surface area contributed by atoms with E-state index in [1.54, 1.807) is 7.11 Å². The standard InChI is InChI=1S/C11H18O6/c1-6(12)14-5-7-8-9(10(13-4)15-7)17-11(2,3)16-8/h7-10H,5H2,1-4H3/t7-,8-,9-,10-/m1/s1. The number of carbonyl (C=O) groups is 1. The number of methoxy groups -OCH3 is 1. The van der Waals surface area contributed by atoms with Gasteiger partial charge >= 0.3 is 5.97 Å². The lowest BCUT2D eigenvalue weighted by molar-refractivity contribution is -0.231. The smallest absolute Gasteiger partial charge is 0.302 e. The molecule has 6 nitrogen and oxygen atoms in total. The second kappa shape index (κ2) is 4.53. The Morgan fingerprint density at radius 1 is 1.29 bits per heavy atom. The predicted octanol–water partition coefficient (Wildman–Crippen LogP) is 0.441. The number of esters is 1. The molecule has 0 unspecified atom stereocenters. The Bertz CT molecular complexity index is 302. The molecule has 98 valence electrons. The fourth-order valence-electron chi connectivity index (χ4n) is 2.17. The summed E-state index contributed by atoms with van der Waals surface area (Å²) in [5, 5.41) is 0. The Hall–Kier alpha value is -0.690. The third-order valence-corrected chi connectivity index (χ3v) is 2.79. The fraction of sp³-hybridized carbons (Fsp3) is 0.909. The van der Waals surface area contributed by atoms with Crippen molar-refractivity contribution in [3.63, 3.8) is 0 Å². The average molecular weight is 246 g/mol. The molecule has 2 saturated heterocycles. The maximum absolute atomic E-state index is 10.8. The number of fused-ring (bicyclic) bond motifs is 1. The van der Waals surface area contributed by atoms with Crippen LogP contribution in [-0.2, 0) is 28.5 Å². The normalized spacial score (nSPS) is 39.1. The minimum absolute atomic E-state index is 0.149. The molecule has 6 heteroatoms. The summed E-state index contributed by atoms with van der Waals surface area (Å²) in [4.78, 5) is 10.8. The van der Waals surface area contributed by atoms with Gasteiger partial charge in [0.1, 0.15) is 24.9 Å². The van der Waals surface area contributed by atoms with Crippen LogP contribution in [0.25, 0.3) is 0 Å². The Labute approximate surface area is 100 Å². The van der Waals surface area contributed by atoms with Crippen LogP contribution >= 0.6 is 0 Å². The minimum Gasteiger partial charge on any atom is -0.463 e. The van der Waals surface area contributed by atoms with Crippen molar-refractivity contribution in [1.82, 2.24) is 0 Å². The molecule has 0 aromatic heterocycles. The Morgan fingerprint density at radius 3 is 2.53 bits per heavy atom. The third kappa shape index (κ3) is 2.60. The van der Waals surface area contributed by atoms with E-state index in [1.165, 1.54) is 6.92 Å². The van der Waals surface area contributed by atoms with Crippen LogP contribution in [0, 0.1) is 0 Å². The Balaban J connectivity index is 2.02. The maximum atomic E-state index is 10.8. The summed E-state index contributed by atoms with van der Waals surface area (Å²) in [6, 6.07) is 0. The van der Waals surface area contributed by atoms with Gasteiger partial charge < -0.3 is 23.7 Å². The topological polar surface area (TPSA) is 63.2 Å². The van der Waals surface area contributed by atoms with E-state index in [4.69, 9.17) is 23.7 Å². The van der Waals surface area contributed by atoms with Crippen LogP contribution in [0.4, 0.5) is 0 Å². The zero-order valence-electron chi connectivity index (χ0n) is 10.5. The summed E-state index contributed by atoms with van der Waals surface area (Å²) in [6.45, 7) is 5.17. The summed E-state index contributed by atoms with van der Waals surface area (Å²) in [5.41, 5.74) is 0. The molecule has 0 aromatic carbocycles. The van der Waals surface area contributed by atoms with Crippen LogP contribution in [0.15, 0.2) is 0 Å². The second-order valence-corrected chi connectivity index (χ2v) is 4.65. The molecular weight excluding hydrogens is 228 g/mol. The summed E-state index contributed by atoms with van der Waals surface area (Å²) in [5.74, 6) is -1.01. The SMILES string of the molecule is CO[C@@H]1O[C@H](COC(C)=O)[C@H]2OC(C)(C)O[C@@H]12. The summed E-state index contributed by atoms with van der Waals surface area (Å²) < 4.78 is 27.1. The Morgan fingerprint density at radius 2 is 1.94 bits per heavy atom. The van der Waals surface area contributed by atoms with Crippen LogP contribution in [0.2, 0.25) is 0 Å². The van der Waals surface area contributed by atoms with Crippen molar-refractivity contribution in [2.24, 2.45) is 0 Å². The van der Waals surface area contributed by atoms with E-state index >= 15 is 0 Å². The molecular formula is C11H18O6. The highest BCUT2D eigenvalue weighted by atomic mass is 16.8. The number of carbonyl (C=O) groups excluding carboxylic acids is 1. The molecule has 2 aliphatic heterocycles. The third-order valence-electron chi connectivity index (χ3n) is 2.79. The summed E-state index contributed by atoms with van der Waals surface area (Å²) in [7, 11) is 1.55. The van der Waals surface area contributed by atoms with Gasteiger partial charge in [0, 0.05) is 14.0 Å². The molecule has 0 N–H and O–H groups in total. The lowest BCUT2D eigenvalue weighted by atomic mass is 10.1. The van der Waals surface area contributed by atoms with Crippen LogP contribution in [0.1, 0.15) is 20.8 Å². The highest BCUT2D eigenvalue weighted by molar-refractivity contribution is 5.65. The van der Waals surface area contributed by atoms with E-state index in [9.17, 15) is 4.79 Å². The first kappa shape index (κ1) is 12.8. The van der Waals surface area contributed by atoms with Gasteiger partial charge in [0.15, 0.2) is 12.1 Å². The van der Waals surface area contributed by atoms with Gasteiger partial charge in [-0.25, -0.2) is 0 Å². The van der Waals surface area contributed by atoms with Crippen molar-refractivity contribution < 1.29 is 28.5 Å². The maximum Gasteiger partial charge on any atom is 0.302 e. The lowest BCUT2D eigenvalue weighted by Gasteiger charge is -2.23. The largest absolute Gasteiger partial charge is 0.463 e. The van der Waals surface area contributed by atoms with Gasteiger partial charge in [-0.3, -0.25) is 4.79 Å². The van der Waals surface area contributed by atoms with E-state index in [2.05, 4.69) is 0 Å². The van der Waals surface area contributed by atoms with E-state index in [-0.39, 0.29) is 30.9 Å². The quantitative estimate of drug-likeness (QED) is 0.673. The van der Waals surface area contributed by atoms with Gasteiger partial charge in [-0.1, -0.05) is 0 Å². The molecule has 0 saturated carbocycles. The van der Waals surface area contributed by atoms with E-state index in [0.29, 0.717) is 0 Å². The number of hydrogen-bond donors (Lipinski definition) is 0. The van der Waals surface area contributed by atoms with Gasteiger partial charge in [0.25, 0.3) is 0 Å². The summed E-state index contributed by atoms with van der Waals surface area (Å²) in [6.07, 6.45) is -1.39. The Kier molecular flexibility index (Phi) is 3.40. The highest BCUT2D eigenvalue weighted by Crippen LogP contribution is 2.38. The second-order valence-electron chi connectivity index (χ2n) is 4.65. The van der Waals surface area contributed by atoms with Crippen LogP contribution < -0.4 is 0 Å².